The van der Waals surface area contributed by atoms with Gasteiger partial charge in [-0.05, 0) is 43.9 Å². The molecule has 0 radical (unpaired) electrons. The van der Waals surface area contributed by atoms with Gasteiger partial charge in [-0.1, -0.05) is 24.3 Å². The molecule has 0 spiro atoms. The number of halogens is 1. The van der Waals surface area contributed by atoms with Crippen molar-refractivity contribution in [3.8, 4) is 0 Å². The topological polar surface area (TPSA) is 57.5 Å². The van der Waals surface area contributed by atoms with Crippen LogP contribution in [0, 0.1) is 0 Å². The Morgan fingerprint density at radius 2 is 1.96 bits per heavy atom. The van der Waals surface area contributed by atoms with Gasteiger partial charge in [-0.2, -0.15) is 5.10 Å². The van der Waals surface area contributed by atoms with Crippen LogP contribution in [0.15, 0.2) is 47.7 Å². The molecular weight excluding hydrogens is 463 g/mol. The molecule has 1 saturated heterocycles. The van der Waals surface area contributed by atoms with E-state index < -0.39 is 0 Å². The number of hydrogen-bond donors (Lipinski definition) is 2. The molecule has 0 saturated carbocycles. The Morgan fingerprint density at radius 3 is 2.61 bits per heavy atom. The van der Waals surface area contributed by atoms with Crippen LogP contribution in [0.4, 0.5) is 0 Å². The van der Waals surface area contributed by atoms with Crippen molar-refractivity contribution >= 4 is 29.9 Å². The van der Waals surface area contributed by atoms with Crippen molar-refractivity contribution in [1.29, 1.82) is 0 Å². The molecule has 7 heteroatoms. The highest BCUT2D eigenvalue weighted by atomic mass is 127. The zero-order chi connectivity index (χ0) is 19.1. The van der Waals surface area contributed by atoms with Gasteiger partial charge in [0.25, 0.3) is 0 Å². The lowest BCUT2D eigenvalue weighted by Crippen LogP contribution is -2.49. The molecule has 2 heterocycles. The predicted octanol–water partition coefficient (Wildman–Crippen LogP) is 3.09. The van der Waals surface area contributed by atoms with Gasteiger partial charge in [0.1, 0.15) is 0 Å². The van der Waals surface area contributed by atoms with Crippen molar-refractivity contribution in [1.82, 2.24) is 25.3 Å². The Hall–Kier alpha value is -1.61. The maximum Gasteiger partial charge on any atom is 0.191 e. The van der Waals surface area contributed by atoms with Gasteiger partial charge >= 0.3 is 0 Å². The zero-order valence-corrected chi connectivity index (χ0v) is 19.5. The molecule has 1 aromatic heterocycles. The third-order valence-electron chi connectivity index (χ3n) is 5.18. The van der Waals surface area contributed by atoms with Crippen LogP contribution in [-0.2, 0) is 13.1 Å². The molecule has 0 aliphatic carbocycles. The molecule has 1 aliphatic heterocycles. The maximum atomic E-state index is 4.40. The number of aromatic nitrogens is 2. The summed E-state index contributed by atoms with van der Waals surface area (Å²) < 4.78 is 1.94. The summed E-state index contributed by atoms with van der Waals surface area (Å²) in [4.78, 5) is 6.94. The number of likely N-dealkylation sites (tertiary alicyclic amines) is 1. The summed E-state index contributed by atoms with van der Waals surface area (Å²) in [5.41, 5.74) is 2.50. The number of rotatable bonds is 6. The van der Waals surface area contributed by atoms with Crippen LogP contribution in [0.3, 0.4) is 0 Å². The first-order valence-electron chi connectivity index (χ1n) is 9.90. The van der Waals surface area contributed by atoms with Gasteiger partial charge in [-0.15, -0.1) is 24.0 Å². The average Bonchev–Trinajstić information content (AvgIpc) is 3.19. The largest absolute Gasteiger partial charge is 0.354 e. The van der Waals surface area contributed by atoms with Gasteiger partial charge < -0.3 is 15.5 Å². The number of guanidine groups is 1. The average molecular weight is 496 g/mol. The Bertz CT molecular complexity index is 720. The molecule has 0 atom stereocenters. The lowest BCUT2D eigenvalue weighted by Gasteiger charge is -2.35. The third-order valence-corrected chi connectivity index (χ3v) is 5.18. The summed E-state index contributed by atoms with van der Waals surface area (Å²) in [6.07, 6.45) is 6.13. The highest BCUT2D eigenvalue weighted by Gasteiger charge is 2.21. The van der Waals surface area contributed by atoms with Gasteiger partial charge in [-0.3, -0.25) is 9.67 Å². The molecule has 28 heavy (non-hydrogen) atoms. The first kappa shape index (κ1) is 22.7. The summed E-state index contributed by atoms with van der Waals surface area (Å²) in [5.74, 6) is 0.885. The molecule has 0 unspecified atom stereocenters. The van der Waals surface area contributed by atoms with E-state index in [2.05, 4.69) is 63.7 Å². The van der Waals surface area contributed by atoms with E-state index in [0.29, 0.717) is 12.1 Å². The van der Waals surface area contributed by atoms with Gasteiger partial charge in [0.15, 0.2) is 5.96 Å². The molecule has 0 bridgehead atoms. The Kier molecular flexibility index (Phi) is 9.24. The van der Waals surface area contributed by atoms with Crippen molar-refractivity contribution < 1.29 is 0 Å². The first-order chi connectivity index (χ1) is 13.1. The molecule has 6 nitrogen and oxygen atoms in total. The van der Waals surface area contributed by atoms with Gasteiger partial charge in [0.05, 0.1) is 6.54 Å². The molecule has 3 rings (SSSR count). The molecule has 1 aliphatic rings. The lowest BCUT2D eigenvalue weighted by molar-refractivity contribution is 0.167. The Labute approximate surface area is 185 Å². The summed E-state index contributed by atoms with van der Waals surface area (Å²) in [6.45, 7) is 8.41. The number of nitrogens with one attached hydrogen (secondary N) is 2. The quantitative estimate of drug-likeness (QED) is 0.367. The normalized spacial score (nSPS) is 16.1. The fourth-order valence-corrected chi connectivity index (χ4v) is 3.55. The van der Waals surface area contributed by atoms with E-state index in [1.54, 1.807) is 0 Å². The highest BCUT2D eigenvalue weighted by molar-refractivity contribution is 14.0. The molecule has 2 aromatic rings. The first-order valence-corrected chi connectivity index (χ1v) is 9.90. The summed E-state index contributed by atoms with van der Waals surface area (Å²) in [7, 11) is 1.84. The third kappa shape index (κ3) is 6.77. The highest BCUT2D eigenvalue weighted by Crippen LogP contribution is 2.13. The summed E-state index contributed by atoms with van der Waals surface area (Å²) in [5, 5.41) is 11.3. The Balaban J connectivity index is 0.00000280. The van der Waals surface area contributed by atoms with Crippen LogP contribution >= 0.6 is 24.0 Å². The second-order valence-electron chi connectivity index (χ2n) is 7.50. The predicted molar refractivity (Wildman–Crippen MR) is 126 cm³/mol. The molecule has 0 amide bonds. The standard InChI is InChI=1S/C21H32N6.HI/c1-17(2)26-12-8-20(9-13-26)25-21(22-3)23-15-18-6-4-7-19(14-18)16-27-11-5-10-24-27;/h4-7,10-11,14,17,20H,8-9,12-13,15-16H2,1-3H3,(H2,22,23,25);1H. The second-order valence-corrected chi connectivity index (χ2v) is 7.50. The zero-order valence-electron chi connectivity index (χ0n) is 17.1. The molecular formula is C21H33IN6. The molecule has 154 valence electrons. The smallest absolute Gasteiger partial charge is 0.191 e. The van der Waals surface area contributed by atoms with Crippen molar-refractivity contribution in [2.45, 2.75) is 51.9 Å². The van der Waals surface area contributed by atoms with Crippen molar-refractivity contribution in [2.24, 2.45) is 4.99 Å². The minimum absolute atomic E-state index is 0. The second kappa shape index (κ2) is 11.4. The number of aliphatic imine (C=N–C) groups is 1. The van der Waals surface area contributed by atoms with Gasteiger partial charge in [-0.25, -0.2) is 0 Å². The van der Waals surface area contributed by atoms with Crippen molar-refractivity contribution in [3.63, 3.8) is 0 Å². The van der Waals surface area contributed by atoms with E-state index in [9.17, 15) is 0 Å². The van der Waals surface area contributed by atoms with Crippen LogP contribution in [0.5, 0.6) is 0 Å². The van der Waals surface area contributed by atoms with Crippen LogP contribution in [-0.4, -0.2) is 52.9 Å². The van der Waals surface area contributed by atoms with E-state index in [1.165, 1.54) is 11.1 Å². The molecule has 1 fully saturated rings. The van der Waals surface area contributed by atoms with E-state index >= 15 is 0 Å². The minimum Gasteiger partial charge on any atom is -0.354 e. The monoisotopic (exact) mass is 496 g/mol. The fraction of sp³-hybridized carbons (Fsp3) is 0.524. The fourth-order valence-electron chi connectivity index (χ4n) is 3.55. The van der Waals surface area contributed by atoms with Crippen molar-refractivity contribution in [3.05, 3.63) is 53.9 Å². The molecule has 1 aromatic carbocycles. The van der Waals surface area contributed by atoms with E-state index in [1.807, 2.05) is 30.2 Å². The van der Waals surface area contributed by atoms with Crippen LogP contribution in [0.25, 0.3) is 0 Å². The number of hydrogen-bond acceptors (Lipinski definition) is 3. The number of benzene rings is 1. The summed E-state index contributed by atoms with van der Waals surface area (Å²) >= 11 is 0. The van der Waals surface area contributed by atoms with Crippen LogP contribution in [0.2, 0.25) is 0 Å². The van der Waals surface area contributed by atoms with E-state index in [0.717, 1.165) is 45.0 Å². The van der Waals surface area contributed by atoms with Crippen molar-refractivity contribution in [2.75, 3.05) is 20.1 Å². The maximum absolute atomic E-state index is 4.40. The number of piperidine rings is 1. The van der Waals surface area contributed by atoms with Gasteiger partial charge in [0, 0.05) is 51.2 Å². The number of nitrogens with zero attached hydrogens (tertiary/aromatic N) is 4. The minimum atomic E-state index is 0. The van der Waals surface area contributed by atoms with E-state index in [4.69, 9.17) is 0 Å². The van der Waals surface area contributed by atoms with Gasteiger partial charge in [0.2, 0.25) is 0 Å². The van der Waals surface area contributed by atoms with Crippen LogP contribution < -0.4 is 10.6 Å². The lowest BCUT2D eigenvalue weighted by atomic mass is 10.0. The van der Waals surface area contributed by atoms with Crippen LogP contribution in [0.1, 0.15) is 37.8 Å². The Morgan fingerprint density at radius 1 is 1.21 bits per heavy atom. The SMILES string of the molecule is CN=C(NCc1cccc(Cn2cccn2)c1)NC1CCN(C(C)C)CC1.I. The van der Waals surface area contributed by atoms with E-state index in [-0.39, 0.29) is 24.0 Å². The molecule has 2 N–H and O–H groups in total. The summed E-state index contributed by atoms with van der Waals surface area (Å²) in [6, 6.07) is 11.7.